The molecule has 0 amide bonds. The summed E-state index contributed by atoms with van der Waals surface area (Å²) < 4.78 is 0. The molecular weight excluding hydrogens is 200 g/mol. The lowest BCUT2D eigenvalue weighted by molar-refractivity contribution is 0.246. The third kappa shape index (κ3) is 4.16. The van der Waals surface area contributed by atoms with Crippen molar-refractivity contribution in [3.05, 3.63) is 23.9 Å². The number of nitrogens with two attached hydrogens (primary N) is 1. The summed E-state index contributed by atoms with van der Waals surface area (Å²) >= 11 is 0. The average Bonchev–Trinajstić information content (AvgIpc) is 2.28. The van der Waals surface area contributed by atoms with E-state index in [-0.39, 0.29) is 0 Å². The van der Waals surface area contributed by atoms with Crippen LogP contribution in [0, 0.1) is 5.92 Å². The zero-order valence-corrected chi connectivity index (χ0v) is 10.4. The largest absolute Gasteiger partial charge is 0.308 e. The summed E-state index contributed by atoms with van der Waals surface area (Å²) in [5.41, 5.74) is 3.62. The summed E-state index contributed by atoms with van der Waals surface area (Å²) in [6.07, 6.45) is 0. The van der Waals surface area contributed by atoms with Gasteiger partial charge in [-0.3, -0.25) is 4.90 Å². The normalized spacial score (nSPS) is 11.1. The summed E-state index contributed by atoms with van der Waals surface area (Å²) in [7, 11) is 0. The number of anilines is 1. The fourth-order valence-corrected chi connectivity index (χ4v) is 1.70. The molecular formula is C12H22N4. The Morgan fingerprint density at radius 1 is 1.44 bits per heavy atom. The first-order chi connectivity index (χ1) is 7.65. The minimum atomic E-state index is 0.677. The lowest BCUT2D eigenvalue weighted by Crippen LogP contribution is -2.27. The van der Waals surface area contributed by atoms with Gasteiger partial charge in [-0.25, -0.2) is 10.8 Å². The molecule has 0 atom stereocenters. The van der Waals surface area contributed by atoms with Gasteiger partial charge in [0.15, 0.2) is 0 Å². The maximum atomic E-state index is 5.34. The molecule has 0 aromatic carbocycles. The molecule has 0 aliphatic rings. The Morgan fingerprint density at radius 2 is 2.19 bits per heavy atom. The van der Waals surface area contributed by atoms with Gasteiger partial charge in [-0.2, -0.15) is 0 Å². The van der Waals surface area contributed by atoms with Crippen molar-refractivity contribution in [2.75, 3.05) is 18.5 Å². The molecule has 0 bridgehead atoms. The Morgan fingerprint density at radius 3 is 2.75 bits per heavy atom. The summed E-state index contributed by atoms with van der Waals surface area (Å²) in [5.74, 6) is 6.73. The Labute approximate surface area is 97.8 Å². The second-order valence-corrected chi connectivity index (χ2v) is 4.38. The number of nitrogens with one attached hydrogen (secondary N) is 1. The lowest BCUT2D eigenvalue weighted by atomic mass is 10.2. The molecule has 0 fully saturated rings. The maximum absolute atomic E-state index is 5.34. The van der Waals surface area contributed by atoms with E-state index >= 15 is 0 Å². The molecule has 0 aliphatic heterocycles. The third-order valence-electron chi connectivity index (χ3n) is 2.41. The standard InChI is InChI=1S/C12H22N4/c1-4-16(8-10(2)3)9-11-6-5-7-12(14-11)15-13/h5-7,10H,4,8-9,13H2,1-3H3,(H,14,15). The summed E-state index contributed by atoms with van der Waals surface area (Å²) in [5, 5.41) is 0. The third-order valence-corrected chi connectivity index (χ3v) is 2.41. The molecule has 1 aromatic heterocycles. The highest BCUT2D eigenvalue weighted by molar-refractivity contribution is 5.33. The number of hydrogen-bond acceptors (Lipinski definition) is 4. The number of aromatic nitrogens is 1. The molecule has 90 valence electrons. The zero-order chi connectivity index (χ0) is 12.0. The van der Waals surface area contributed by atoms with Crippen LogP contribution in [0.5, 0.6) is 0 Å². The van der Waals surface area contributed by atoms with Gasteiger partial charge in [0.25, 0.3) is 0 Å². The van der Waals surface area contributed by atoms with E-state index in [2.05, 4.69) is 36.1 Å². The van der Waals surface area contributed by atoms with Crippen LogP contribution in [-0.4, -0.2) is 23.0 Å². The van der Waals surface area contributed by atoms with Crippen LogP contribution in [0.3, 0.4) is 0 Å². The van der Waals surface area contributed by atoms with E-state index in [1.807, 2.05) is 18.2 Å². The number of hydrogen-bond donors (Lipinski definition) is 2. The molecule has 4 heteroatoms. The number of hydrazine groups is 1. The summed E-state index contributed by atoms with van der Waals surface area (Å²) in [6, 6.07) is 5.87. The second-order valence-electron chi connectivity index (χ2n) is 4.38. The number of rotatable bonds is 6. The van der Waals surface area contributed by atoms with E-state index in [9.17, 15) is 0 Å². The molecule has 0 radical (unpaired) electrons. The quantitative estimate of drug-likeness (QED) is 0.569. The molecule has 0 saturated heterocycles. The zero-order valence-electron chi connectivity index (χ0n) is 10.4. The van der Waals surface area contributed by atoms with E-state index in [1.54, 1.807) is 0 Å². The van der Waals surface area contributed by atoms with Crippen LogP contribution in [0.25, 0.3) is 0 Å². The molecule has 0 spiro atoms. The van der Waals surface area contributed by atoms with Crippen LogP contribution in [0.2, 0.25) is 0 Å². The number of nitrogens with zero attached hydrogens (tertiary/aromatic N) is 2. The predicted octanol–water partition coefficient (Wildman–Crippen LogP) is 1.85. The second kappa shape index (κ2) is 6.45. The minimum absolute atomic E-state index is 0.677. The highest BCUT2D eigenvalue weighted by Gasteiger charge is 2.07. The van der Waals surface area contributed by atoms with Gasteiger partial charge in [0.1, 0.15) is 5.82 Å². The molecule has 0 aliphatic carbocycles. The van der Waals surface area contributed by atoms with Gasteiger partial charge in [0, 0.05) is 13.1 Å². The van der Waals surface area contributed by atoms with Gasteiger partial charge < -0.3 is 5.43 Å². The van der Waals surface area contributed by atoms with Gasteiger partial charge in [0.2, 0.25) is 0 Å². The molecule has 3 N–H and O–H groups in total. The molecule has 16 heavy (non-hydrogen) atoms. The van der Waals surface area contributed by atoms with Crippen LogP contribution in [0.4, 0.5) is 5.82 Å². The number of pyridine rings is 1. The van der Waals surface area contributed by atoms with Crippen molar-refractivity contribution >= 4 is 5.82 Å². The van der Waals surface area contributed by atoms with Crippen LogP contribution in [-0.2, 0) is 6.54 Å². The first kappa shape index (κ1) is 12.9. The van der Waals surface area contributed by atoms with E-state index < -0.39 is 0 Å². The maximum Gasteiger partial charge on any atom is 0.140 e. The van der Waals surface area contributed by atoms with Gasteiger partial charge in [-0.05, 0) is 24.6 Å². The van der Waals surface area contributed by atoms with Gasteiger partial charge in [-0.1, -0.05) is 26.8 Å². The first-order valence-electron chi connectivity index (χ1n) is 5.80. The lowest BCUT2D eigenvalue weighted by Gasteiger charge is -2.22. The monoisotopic (exact) mass is 222 g/mol. The number of nitrogen functional groups attached to an aromatic ring is 1. The van der Waals surface area contributed by atoms with Crippen LogP contribution < -0.4 is 11.3 Å². The molecule has 0 unspecified atom stereocenters. The first-order valence-corrected chi connectivity index (χ1v) is 5.80. The summed E-state index contributed by atoms with van der Waals surface area (Å²) in [4.78, 5) is 6.79. The highest BCUT2D eigenvalue weighted by Crippen LogP contribution is 2.08. The smallest absolute Gasteiger partial charge is 0.140 e. The van der Waals surface area contributed by atoms with Gasteiger partial charge >= 0.3 is 0 Å². The van der Waals surface area contributed by atoms with Crippen LogP contribution in [0.15, 0.2) is 18.2 Å². The fraction of sp³-hybridized carbons (Fsp3) is 0.583. The molecule has 4 nitrogen and oxygen atoms in total. The van der Waals surface area contributed by atoms with Crippen LogP contribution in [0.1, 0.15) is 26.5 Å². The molecule has 1 rings (SSSR count). The molecule has 1 heterocycles. The van der Waals surface area contributed by atoms with E-state index in [4.69, 9.17) is 5.84 Å². The average molecular weight is 222 g/mol. The van der Waals surface area contributed by atoms with E-state index in [1.165, 1.54) is 0 Å². The van der Waals surface area contributed by atoms with Crippen molar-refractivity contribution in [3.8, 4) is 0 Å². The van der Waals surface area contributed by atoms with Gasteiger partial charge in [0.05, 0.1) is 5.69 Å². The Hall–Kier alpha value is -1.13. The Balaban J connectivity index is 2.62. The fourth-order valence-electron chi connectivity index (χ4n) is 1.70. The van der Waals surface area contributed by atoms with E-state index in [0.717, 1.165) is 31.1 Å². The molecule has 1 aromatic rings. The van der Waals surface area contributed by atoms with Crippen LogP contribution >= 0.6 is 0 Å². The Kier molecular flexibility index (Phi) is 5.22. The van der Waals surface area contributed by atoms with Crippen molar-refractivity contribution in [3.63, 3.8) is 0 Å². The SMILES string of the molecule is CCN(Cc1cccc(NN)n1)CC(C)C. The van der Waals surface area contributed by atoms with Crippen molar-refractivity contribution < 1.29 is 0 Å². The summed E-state index contributed by atoms with van der Waals surface area (Å²) in [6.45, 7) is 9.65. The van der Waals surface area contributed by atoms with E-state index in [0.29, 0.717) is 5.92 Å². The van der Waals surface area contributed by atoms with Crippen molar-refractivity contribution in [1.82, 2.24) is 9.88 Å². The van der Waals surface area contributed by atoms with Gasteiger partial charge in [-0.15, -0.1) is 0 Å². The van der Waals surface area contributed by atoms with Crippen molar-refractivity contribution in [2.24, 2.45) is 11.8 Å². The topological polar surface area (TPSA) is 54.2 Å². The molecule has 0 saturated carbocycles. The minimum Gasteiger partial charge on any atom is -0.308 e. The van der Waals surface area contributed by atoms with Crippen molar-refractivity contribution in [1.29, 1.82) is 0 Å². The Bertz CT molecular complexity index is 312. The highest BCUT2D eigenvalue weighted by atomic mass is 15.3. The van der Waals surface area contributed by atoms with Crippen molar-refractivity contribution in [2.45, 2.75) is 27.3 Å². The predicted molar refractivity (Wildman–Crippen MR) is 67.8 cm³/mol.